The summed E-state index contributed by atoms with van der Waals surface area (Å²) in [7, 11) is 0. The standard InChI is InChI=1S/C13H8F2N2O3/c14-8-2-1-3-9(11(8)13(19)20)17-12(18)7-4-5-16-10(15)6-7/h1-6H,(H,17,18)(H,19,20). The molecule has 0 spiro atoms. The van der Waals surface area contributed by atoms with Crippen LogP contribution in [0.25, 0.3) is 0 Å². The van der Waals surface area contributed by atoms with Gasteiger partial charge >= 0.3 is 5.97 Å². The maximum Gasteiger partial charge on any atom is 0.340 e. The van der Waals surface area contributed by atoms with Crippen LogP contribution < -0.4 is 5.32 Å². The summed E-state index contributed by atoms with van der Waals surface area (Å²) in [6.45, 7) is 0. The highest BCUT2D eigenvalue weighted by Crippen LogP contribution is 2.19. The Hall–Kier alpha value is -2.83. The van der Waals surface area contributed by atoms with E-state index in [2.05, 4.69) is 10.3 Å². The number of carboxylic acids is 1. The van der Waals surface area contributed by atoms with Crippen LogP contribution in [-0.2, 0) is 0 Å². The number of carboxylic acid groups (broad SMARTS) is 1. The summed E-state index contributed by atoms with van der Waals surface area (Å²) in [4.78, 5) is 26.1. The van der Waals surface area contributed by atoms with Crippen molar-refractivity contribution >= 4 is 17.6 Å². The van der Waals surface area contributed by atoms with Crippen LogP contribution in [0.3, 0.4) is 0 Å². The molecule has 1 heterocycles. The Kier molecular flexibility index (Phi) is 3.69. The van der Waals surface area contributed by atoms with E-state index in [1.165, 1.54) is 18.2 Å². The second-order valence-corrected chi connectivity index (χ2v) is 3.79. The number of amides is 1. The van der Waals surface area contributed by atoms with Gasteiger partial charge in [0.25, 0.3) is 5.91 Å². The van der Waals surface area contributed by atoms with Gasteiger partial charge in [0.2, 0.25) is 5.95 Å². The molecule has 5 nitrogen and oxygen atoms in total. The fourth-order valence-corrected chi connectivity index (χ4v) is 1.58. The molecule has 0 saturated carbocycles. The lowest BCUT2D eigenvalue weighted by Crippen LogP contribution is -2.16. The number of nitrogens with one attached hydrogen (secondary N) is 1. The minimum Gasteiger partial charge on any atom is -0.478 e. The molecule has 1 amide bonds. The summed E-state index contributed by atoms with van der Waals surface area (Å²) >= 11 is 0. The van der Waals surface area contributed by atoms with E-state index in [1.54, 1.807) is 0 Å². The third-order valence-electron chi connectivity index (χ3n) is 2.46. The van der Waals surface area contributed by atoms with Crippen molar-refractivity contribution in [2.45, 2.75) is 0 Å². The van der Waals surface area contributed by atoms with Gasteiger partial charge < -0.3 is 10.4 Å². The molecule has 7 heteroatoms. The molecule has 102 valence electrons. The van der Waals surface area contributed by atoms with Gasteiger partial charge in [-0.25, -0.2) is 14.2 Å². The van der Waals surface area contributed by atoms with Crippen LogP contribution in [-0.4, -0.2) is 22.0 Å². The van der Waals surface area contributed by atoms with Crippen LogP contribution >= 0.6 is 0 Å². The smallest absolute Gasteiger partial charge is 0.340 e. The number of carbonyl (C=O) groups is 2. The van der Waals surface area contributed by atoms with Crippen LogP contribution in [0.4, 0.5) is 14.5 Å². The molecule has 0 atom stereocenters. The molecular weight excluding hydrogens is 270 g/mol. The number of pyridine rings is 1. The summed E-state index contributed by atoms with van der Waals surface area (Å²) in [5, 5.41) is 11.1. The van der Waals surface area contributed by atoms with Crippen molar-refractivity contribution < 1.29 is 23.5 Å². The zero-order valence-electron chi connectivity index (χ0n) is 9.93. The summed E-state index contributed by atoms with van der Waals surface area (Å²) in [6, 6.07) is 5.59. The summed E-state index contributed by atoms with van der Waals surface area (Å²) in [6.07, 6.45) is 1.09. The lowest BCUT2D eigenvalue weighted by atomic mass is 10.1. The average molecular weight is 278 g/mol. The Bertz CT molecular complexity index is 689. The molecule has 1 aromatic carbocycles. The normalized spacial score (nSPS) is 10.1. The molecule has 2 aromatic rings. The molecule has 0 aliphatic carbocycles. The molecular formula is C13H8F2N2O3. The first kappa shape index (κ1) is 13.6. The van der Waals surface area contributed by atoms with E-state index >= 15 is 0 Å². The van der Waals surface area contributed by atoms with Crippen molar-refractivity contribution in [1.82, 2.24) is 4.98 Å². The summed E-state index contributed by atoms with van der Waals surface area (Å²) in [5.41, 5.74) is -0.923. The second-order valence-electron chi connectivity index (χ2n) is 3.79. The Morgan fingerprint density at radius 2 is 1.95 bits per heavy atom. The number of benzene rings is 1. The highest BCUT2D eigenvalue weighted by Gasteiger charge is 2.18. The van der Waals surface area contributed by atoms with E-state index in [-0.39, 0.29) is 11.3 Å². The maximum absolute atomic E-state index is 13.4. The lowest BCUT2D eigenvalue weighted by Gasteiger charge is -2.09. The molecule has 1 aromatic heterocycles. The number of carbonyl (C=O) groups excluding carboxylic acids is 1. The minimum atomic E-state index is -1.51. The molecule has 0 aliphatic heterocycles. The fraction of sp³-hybridized carbons (Fsp3) is 0. The van der Waals surface area contributed by atoms with Crippen molar-refractivity contribution in [2.75, 3.05) is 5.32 Å². The Morgan fingerprint density at radius 1 is 1.20 bits per heavy atom. The number of rotatable bonds is 3. The first-order valence-corrected chi connectivity index (χ1v) is 5.44. The first-order valence-electron chi connectivity index (χ1n) is 5.44. The fourth-order valence-electron chi connectivity index (χ4n) is 1.58. The van der Waals surface area contributed by atoms with E-state index in [0.29, 0.717) is 0 Å². The topological polar surface area (TPSA) is 79.3 Å². The molecule has 0 saturated heterocycles. The van der Waals surface area contributed by atoms with Gasteiger partial charge in [-0.3, -0.25) is 4.79 Å². The molecule has 0 radical (unpaired) electrons. The van der Waals surface area contributed by atoms with Crippen LogP contribution in [0.1, 0.15) is 20.7 Å². The average Bonchev–Trinajstić information content (AvgIpc) is 2.38. The molecule has 20 heavy (non-hydrogen) atoms. The zero-order chi connectivity index (χ0) is 14.7. The van der Waals surface area contributed by atoms with E-state index in [4.69, 9.17) is 5.11 Å². The van der Waals surface area contributed by atoms with Gasteiger partial charge in [-0.15, -0.1) is 0 Å². The molecule has 2 N–H and O–H groups in total. The largest absolute Gasteiger partial charge is 0.478 e. The van der Waals surface area contributed by atoms with Gasteiger partial charge in [0.05, 0.1) is 5.69 Å². The van der Waals surface area contributed by atoms with Gasteiger partial charge in [0.15, 0.2) is 0 Å². The van der Waals surface area contributed by atoms with Crippen molar-refractivity contribution in [2.24, 2.45) is 0 Å². The Balaban J connectivity index is 2.33. The third-order valence-corrected chi connectivity index (χ3v) is 2.46. The summed E-state index contributed by atoms with van der Waals surface area (Å²) < 4.78 is 26.3. The Morgan fingerprint density at radius 3 is 2.60 bits per heavy atom. The molecule has 0 fully saturated rings. The third kappa shape index (κ3) is 2.77. The van der Waals surface area contributed by atoms with Crippen LogP contribution in [0, 0.1) is 11.8 Å². The van der Waals surface area contributed by atoms with E-state index < -0.39 is 29.2 Å². The first-order chi connectivity index (χ1) is 9.49. The zero-order valence-corrected chi connectivity index (χ0v) is 9.93. The Labute approximate surface area is 111 Å². The monoisotopic (exact) mass is 278 g/mol. The van der Waals surface area contributed by atoms with E-state index in [1.807, 2.05) is 0 Å². The van der Waals surface area contributed by atoms with Crippen LogP contribution in [0.2, 0.25) is 0 Å². The van der Waals surface area contributed by atoms with Crippen molar-refractivity contribution in [3.8, 4) is 0 Å². The second kappa shape index (κ2) is 5.43. The van der Waals surface area contributed by atoms with Crippen molar-refractivity contribution in [3.05, 3.63) is 59.4 Å². The SMILES string of the molecule is O=C(Nc1cccc(F)c1C(=O)O)c1ccnc(F)c1. The van der Waals surface area contributed by atoms with Gasteiger partial charge in [-0.05, 0) is 18.2 Å². The van der Waals surface area contributed by atoms with Gasteiger partial charge in [0, 0.05) is 17.8 Å². The maximum atomic E-state index is 13.4. The highest BCUT2D eigenvalue weighted by molar-refractivity contribution is 6.07. The summed E-state index contributed by atoms with van der Waals surface area (Å²) in [5.74, 6) is -4.11. The van der Waals surface area contributed by atoms with E-state index in [9.17, 15) is 18.4 Å². The van der Waals surface area contributed by atoms with Gasteiger partial charge in [-0.1, -0.05) is 6.07 Å². The van der Waals surface area contributed by atoms with Crippen molar-refractivity contribution in [3.63, 3.8) is 0 Å². The van der Waals surface area contributed by atoms with E-state index in [0.717, 1.165) is 18.3 Å². The van der Waals surface area contributed by atoms with Crippen LogP contribution in [0.15, 0.2) is 36.5 Å². The molecule has 0 bridgehead atoms. The number of anilines is 1. The number of nitrogens with zero attached hydrogens (tertiary/aromatic N) is 1. The van der Waals surface area contributed by atoms with Gasteiger partial charge in [0.1, 0.15) is 11.4 Å². The lowest BCUT2D eigenvalue weighted by molar-refractivity contribution is 0.0693. The number of hydrogen-bond acceptors (Lipinski definition) is 3. The van der Waals surface area contributed by atoms with Crippen molar-refractivity contribution in [1.29, 1.82) is 0 Å². The van der Waals surface area contributed by atoms with Gasteiger partial charge in [-0.2, -0.15) is 4.39 Å². The molecule has 0 unspecified atom stereocenters. The quantitative estimate of drug-likeness (QED) is 0.844. The number of aromatic nitrogens is 1. The predicted octanol–water partition coefficient (Wildman–Crippen LogP) is 2.31. The number of aromatic carboxylic acids is 1. The molecule has 2 rings (SSSR count). The number of hydrogen-bond donors (Lipinski definition) is 2. The minimum absolute atomic E-state index is 0.0573. The number of halogens is 2. The predicted molar refractivity (Wildman–Crippen MR) is 65.5 cm³/mol. The van der Waals surface area contributed by atoms with Crippen LogP contribution in [0.5, 0.6) is 0 Å². The highest BCUT2D eigenvalue weighted by atomic mass is 19.1. The molecule has 0 aliphatic rings.